The van der Waals surface area contributed by atoms with Crippen LogP contribution < -0.4 is 5.32 Å². The molecule has 4 aromatic rings. The third-order valence-electron chi connectivity index (χ3n) is 6.07. The van der Waals surface area contributed by atoms with E-state index in [2.05, 4.69) is 27.2 Å². The number of aromatic nitrogens is 3. The highest BCUT2D eigenvalue weighted by Crippen LogP contribution is 2.26. The third-order valence-corrected chi connectivity index (χ3v) is 6.07. The number of rotatable bonds is 5. The second kappa shape index (κ2) is 8.99. The molecule has 0 bridgehead atoms. The fraction of sp³-hybridized carbons (Fsp3) is 0.240. The van der Waals surface area contributed by atoms with Crippen LogP contribution in [0.3, 0.4) is 0 Å². The highest BCUT2D eigenvalue weighted by molar-refractivity contribution is 5.94. The fourth-order valence-electron chi connectivity index (χ4n) is 4.11. The number of nitrogens with one attached hydrogen (secondary N) is 1. The molecule has 0 radical (unpaired) electrons. The van der Waals surface area contributed by atoms with Crippen molar-refractivity contribution in [3.8, 4) is 11.1 Å². The van der Waals surface area contributed by atoms with Gasteiger partial charge in [0.1, 0.15) is 5.82 Å². The Morgan fingerprint density at radius 2 is 1.73 bits per heavy atom. The lowest BCUT2D eigenvalue weighted by molar-refractivity contribution is 0.0643. The maximum atomic E-state index is 13.2. The number of piperazine rings is 1. The Kier molecular flexibility index (Phi) is 5.75. The monoisotopic (exact) mass is 444 g/mol. The number of anilines is 2. The zero-order valence-corrected chi connectivity index (χ0v) is 18.4. The van der Waals surface area contributed by atoms with E-state index >= 15 is 0 Å². The van der Waals surface area contributed by atoms with Crippen molar-refractivity contribution < 1.29 is 9.18 Å². The van der Waals surface area contributed by atoms with Gasteiger partial charge in [-0.25, -0.2) is 13.9 Å². The third kappa shape index (κ3) is 4.42. The van der Waals surface area contributed by atoms with Gasteiger partial charge in [0.05, 0.1) is 11.7 Å². The molecule has 2 aromatic heterocycles. The molecular weight excluding hydrogens is 419 g/mol. The van der Waals surface area contributed by atoms with Gasteiger partial charge in [-0.1, -0.05) is 19.1 Å². The van der Waals surface area contributed by atoms with Crippen LogP contribution in [0.5, 0.6) is 0 Å². The van der Waals surface area contributed by atoms with Gasteiger partial charge in [-0.05, 0) is 54.6 Å². The first-order chi connectivity index (χ1) is 16.1. The molecule has 33 heavy (non-hydrogen) atoms. The summed E-state index contributed by atoms with van der Waals surface area (Å²) >= 11 is 0. The molecule has 8 heteroatoms. The van der Waals surface area contributed by atoms with Crippen molar-refractivity contribution in [1.82, 2.24) is 24.4 Å². The number of fused-ring (bicyclic) bond motifs is 1. The number of nitrogens with zero attached hydrogens (tertiary/aromatic N) is 5. The first-order valence-corrected chi connectivity index (χ1v) is 11.1. The van der Waals surface area contributed by atoms with Crippen LogP contribution in [0.4, 0.5) is 16.0 Å². The van der Waals surface area contributed by atoms with Crippen LogP contribution in [-0.2, 0) is 0 Å². The minimum absolute atomic E-state index is 0.0654. The molecule has 0 atom stereocenters. The molecule has 5 rings (SSSR count). The maximum absolute atomic E-state index is 13.2. The number of carbonyl (C=O) groups is 1. The van der Waals surface area contributed by atoms with Crippen LogP contribution in [0.2, 0.25) is 0 Å². The summed E-state index contributed by atoms with van der Waals surface area (Å²) in [5.74, 6) is 0.242. The van der Waals surface area contributed by atoms with Gasteiger partial charge in [0.25, 0.3) is 5.91 Å². The van der Waals surface area contributed by atoms with Gasteiger partial charge < -0.3 is 15.1 Å². The summed E-state index contributed by atoms with van der Waals surface area (Å²) in [6.07, 6.45) is 3.59. The largest absolute Gasteiger partial charge is 0.336 e. The van der Waals surface area contributed by atoms with Crippen molar-refractivity contribution in [2.45, 2.75) is 6.92 Å². The lowest BCUT2D eigenvalue weighted by atomic mass is 10.1. The van der Waals surface area contributed by atoms with Gasteiger partial charge >= 0.3 is 0 Å². The molecule has 1 amide bonds. The Labute approximate surface area is 191 Å². The van der Waals surface area contributed by atoms with Gasteiger partial charge in [0.2, 0.25) is 5.95 Å². The summed E-state index contributed by atoms with van der Waals surface area (Å²) in [4.78, 5) is 21.5. The van der Waals surface area contributed by atoms with E-state index in [1.807, 2.05) is 41.4 Å². The number of carbonyl (C=O) groups excluding carboxylic acids is 1. The Hall–Kier alpha value is -3.78. The first kappa shape index (κ1) is 21.1. The number of likely N-dealkylation sites (N-methyl/N-ethyl adjacent to an activating group) is 1. The van der Waals surface area contributed by atoms with Gasteiger partial charge in [-0.15, -0.1) is 5.10 Å². The average Bonchev–Trinajstić information content (AvgIpc) is 3.28. The van der Waals surface area contributed by atoms with E-state index in [9.17, 15) is 9.18 Å². The molecule has 1 saturated heterocycles. The van der Waals surface area contributed by atoms with Crippen LogP contribution >= 0.6 is 0 Å². The molecule has 7 nitrogen and oxygen atoms in total. The van der Waals surface area contributed by atoms with E-state index in [4.69, 9.17) is 0 Å². The molecule has 168 valence electrons. The lowest BCUT2D eigenvalue weighted by Gasteiger charge is -2.34. The Balaban J connectivity index is 1.28. The van der Waals surface area contributed by atoms with Gasteiger partial charge in [-0.2, -0.15) is 0 Å². The van der Waals surface area contributed by atoms with Crippen LogP contribution in [0.1, 0.15) is 17.3 Å². The molecule has 1 aliphatic heterocycles. The highest BCUT2D eigenvalue weighted by Gasteiger charge is 2.21. The van der Waals surface area contributed by atoms with Crippen molar-refractivity contribution in [1.29, 1.82) is 0 Å². The molecule has 0 saturated carbocycles. The normalized spacial score (nSPS) is 14.5. The van der Waals surface area contributed by atoms with Crippen LogP contribution in [-0.4, -0.2) is 63.0 Å². The quantitative estimate of drug-likeness (QED) is 0.503. The summed E-state index contributed by atoms with van der Waals surface area (Å²) in [5, 5.41) is 7.71. The maximum Gasteiger partial charge on any atom is 0.253 e. The number of halogens is 1. The molecule has 1 aliphatic rings. The lowest BCUT2D eigenvalue weighted by Crippen LogP contribution is -2.48. The van der Waals surface area contributed by atoms with Crippen molar-refractivity contribution in [3.05, 3.63) is 78.4 Å². The standard InChI is InChI=1S/C25H25FN6O/c1-2-30-13-15-31(16-14-30)24(33)19-5-9-21(10-6-19)28-25-27-17-23-22(11-12-32(23)29-25)18-3-7-20(26)8-4-18/h3-12,17H,2,13-16H2,1H3,(H,28,29). The molecule has 3 heterocycles. The predicted molar refractivity (Wildman–Crippen MR) is 126 cm³/mol. The Bertz CT molecular complexity index is 1260. The average molecular weight is 445 g/mol. The van der Waals surface area contributed by atoms with E-state index < -0.39 is 0 Å². The first-order valence-electron chi connectivity index (χ1n) is 11.1. The molecule has 2 aromatic carbocycles. The Morgan fingerprint density at radius 3 is 2.42 bits per heavy atom. The Morgan fingerprint density at radius 1 is 1.00 bits per heavy atom. The molecular formula is C25H25FN6O. The zero-order valence-electron chi connectivity index (χ0n) is 18.4. The van der Waals surface area contributed by atoms with Gasteiger partial charge in [0, 0.05) is 49.2 Å². The second-order valence-corrected chi connectivity index (χ2v) is 8.08. The fourth-order valence-corrected chi connectivity index (χ4v) is 4.11. The molecule has 0 spiro atoms. The summed E-state index contributed by atoms with van der Waals surface area (Å²) in [5.41, 5.74) is 4.14. The predicted octanol–water partition coefficient (Wildman–Crippen LogP) is 4.06. The minimum atomic E-state index is -0.267. The van der Waals surface area contributed by atoms with Gasteiger partial charge in [-0.3, -0.25) is 4.79 Å². The summed E-state index contributed by atoms with van der Waals surface area (Å²) in [7, 11) is 0. The summed E-state index contributed by atoms with van der Waals surface area (Å²) in [6, 6.07) is 15.7. The molecule has 0 unspecified atom stereocenters. The van der Waals surface area contributed by atoms with Gasteiger partial charge in [0.15, 0.2) is 0 Å². The van der Waals surface area contributed by atoms with Crippen LogP contribution in [0.15, 0.2) is 67.0 Å². The van der Waals surface area contributed by atoms with E-state index in [0.717, 1.165) is 55.1 Å². The van der Waals surface area contributed by atoms with Crippen molar-refractivity contribution in [2.75, 3.05) is 38.0 Å². The smallest absolute Gasteiger partial charge is 0.253 e. The van der Waals surface area contributed by atoms with Crippen molar-refractivity contribution in [2.24, 2.45) is 0 Å². The summed E-state index contributed by atoms with van der Waals surface area (Å²) in [6.45, 7) is 6.53. The molecule has 1 fully saturated rings. The summed E-state index contributed by atoms with van der Waals surface area (Å²) < 4.78 is 15.0. The van der Waals surface area contributed by atoms with Crippen LogP contribution in [0, 0.1) is 5.82 Å². The van der Waals surface area contributed by atoms with E-state index in [0.29, 0.717) is 11.5 Å². The highest BCUT2D eigenvalue weighted by atomic mass is 19.1. The number of amides is 1. The number of hydrogen-bond acceptors (Lipinski definition) is 5. The zero-order chi connectivity index (χ0) is 22.8. The van der Waals surface area contributed by atoms with E-state index in [1.165, 1.54) is 12.1 Å². The molecule has 1 N–H and O–H groups in total. The van der Waals surface area contributed by atoms with Crippen molar-refractivity contribution >= 4 is 23.1 Å². The number of hydrogen-bond donors (Lipinski definition) is 1. The second-order valence-electron chi connectivity index (χ2n) is 8.08. The van der Waals surface area contributed by atoms with Crippen LogP contribution in [0.25, 0.3) is 16.6 Å². The van der Waals surface area contributed by atoms with Crippen molar-refractivity contribution in [3.63, 3.8) is 0 Å². The topological polar surface area (TPSA) is 65.8 Å². The van der Waals surface area contributed by atoms with E-state index in [1.54, 1.807) is 22.8 Å². The SMILES string of the molecule is CCN1CCN(C(=O)c2ccc(Nc3ncc4c(-c5ccc(F)cc5)ccn4n3)cc2)CC1. The van der Waals surface area contributed by atoms with E-state index in [-0.39, 0.29) is 11.7 Å². The minimum Gasteiger partial charge on any atom is -0.336 e. The number of benzene rings is 2. The molecule has 0 aliphatic carbocycles.